The highest BCUT2D eigenvalue weighted by Crippen LogP contribution is 2.30. The molecule has 4 nitrogen and oxygen atoms in total. The van der Waals surface area contributed by atoms with Crippen molar-refractivity contribution >= 4 is 21.7 Å². The van der Waals surface area contributed by atoms with E-state index in [0.717, 1.165) is 12.7 Å². The van der Waals surface area contributed by atoms with Crippen LogP contribution in [0.5, 0.6) is 5.88 Å². The second kappa shape index (κ2) is 6.88. The van der Waals surface area contributed by atoms with Crippen LogP contribution in [0, 0.1) is 0 Å². The van der Waals surface area contributed by atoms with E-state index >= 15 is 0 Å². The first kappa shape index (κ1) is 15.9. The molecule has 1 aromatic heterocycles. The predicted octanol–water partition coefficient (Wildman–Crippen LogP) is 3.34. The molecule has 0 aliphatic carbocycles. The van der Waals surface area contributed by atoms with Gasteiger partial charge in [0, 0.05) is 6.54 Å². The number of nitrogens with zero attached hydrogens (tertiary/aromatic N) is 2. The molecular formula is C10H12BrF4N3O. The van der Waals surface area contributed by atoms with Gasteiger partial charge in [0.1, 0.15) is 16.6 Å². The van der Waals surface area contributed by atoms with Crippen molar-refractivity contribution in [3.05, 3.63) is 10.8 Å². The van der Waals surface area contributed by atoms with Crippen LogP contribution >= 0.6 is 15.9 Å². The van der Waals surface area contributed by atoms with E-state index in [1.807, 2.05) is 6.92 Å². The highest BCUT2D eigenvalue weighted by molar-refractivity contribution is 9.10. The number of rotatable bonds is 7. The topological polar surface area (TPSA) is 47.0 Å². The molecule has 0 fully saturated rings. The largest absolute Gasteiger partial charge is 0.470 e. The van der Waals surface area contributed by atoms with Gasteiger partial charge >= 0.3 is 12.3 Å². The zero-order valence-corrected chi connectivity index (χ0v) is 11.6. The van der Waals surface area contributed by atoms with E-state index in [-0.39, 0.29) is 10.4 Å². The van der Waals surface area contributed by atoms with Crippen LogP contribution in [0.15, 0.2) is 10.8 Å². The smallest absolute Gasteiger partial charge is 0.340 e. The molecule has 1 N–H and O–H groups in total. The van der Waals surface area contributed by atoms with Gasteiger partial charge in [0.05, 0.1) is 0 Å². The summed E-state index contributed by atoms with van der Waals surface area (Å²) in [5, 5.41) is 2.91. The summed E-state index contributed by atoms with van der Waals surface area (Å²) in [5.41, 5.74) is 0. The third kappa shape index (κ3) is 4.48. The lowest BCUT2D eigenvalue weighted by Gasteiger charge is -2.16. The Bertz CT molecular complexity index is 420. The SMILES string of the molecule is CCCNc1ncnc(OCC(F)(F)C(F)F)c1Br. The van der Waals surface area contributed by atoms with Crippen molar-refractivity contribution in [3.8, 4) is 5.88 Å². The van der Waals surface area contributed by atoms with E-state index in [0.29, 0.717) is 12.4 Å². The molecule has 1 aromatic rings. The van der Waals surface area contributed by atoms with Gasteiger partial charge in [-0.25, -0.2) is 18.7 Å². The van der Waals surface area contributed by atoms with Gasteiger partial charge < -0.3 is 10.1 Å². The first-order valence-corrected chi connectivity index (χ1v) is 6.21. The van der Waals surface area contributed by atoms with Crippen LogP contribution in [-0.4, -0.2) is 35.5 Å². The fourth-order valence-corrected chi connectivity index (χ4v) is 1.51. The molecule has 0 aliphatic heterocycles. The van der Waals surface area contributed by atoms with Crippen molar-refractivity contribution in [2.75, 3.05) is 18.5 Å². The number of hydrogen-bond donors (Lipinski definition) is 1. The third-order valence-corrected chi connectivity index (χ3v) is 2.74. The molecule has 0 aliphatic rings. The number of anilines is 1. The zero-order valence-electron chi connectivity index (χ0n) is 9.97. The minimum atomic E-state index is -4.22. The minimum Gasteiger partial charge on any atom is -0.470 e. The quantitative estimate of drug-likeness (QED) is 0.770. The lowest BCUT2D eigenvalue weighted by Crippen LogP contribution is -2.34. The Morgan fingerprint density at radius 2 is 2.11 bits per heavy atom. The van der Waals surface area contributed by atoms with Crippen LogP contribution in [0.4, 0.5) is 23.4 Å². The van der Waals surface area contributed by atoms with Crippen molar-refractivity contribution in [2.45, 2.75) is 25.7 Å². The molecule has 1 heterocycles. The van der Waals surface area contributed by atoms with E-state index in [1.54, 1.807) is 0 Å². The second-order valence-corrected chi connectivity index (χ2v) is 4.41. The van der Waals surface area contributed by atoms with E-state index in [4.69, 9.17) is 0 Å². The van der Waals surface area contributed by atoms with Gasteiger partial charge in [-0.2, -0.15) is 8.78 Å². The Hall–Kier alpha value is -1.12. The third-order valence-electron chi connectivity index (χ3n) is 2.02. The summed E-state index contributed by atoms with van der Waals surface area (Å²) in [7, 11) is 0. The van der Waals surface area contributed by atoms with E-state index in [2.05, 4.69) is 36.0 Å². The average molecular weight is 346 g/mol. The summed E-state index contributed by atoms with van der Waals surface area (Å²) < 4.78 is 54.2. The molecule has 9 heteroatoms. The zero-order chi connectivity index (χ0) is 14.5. The van der Waals surface area contributed by atoms with Gasteiger partial charge in [-0.1, -0.05) is 6.92 Å². The van der Waals surface area contributed by atoms with E-state index in [1.165, 1.54) is 0 Å². The fraction of sp³-hybridized carbons (Fsp3) is 0.600. The molecule has 0 radical (unpaired) electrons. The summed E-state index contributed by atoms with van der Waals surface area (Å²) in [5.74, 6) is -4.08. The van der Waals surface area contributed by atoms with Gasteiger partial charge in [0.25, 0.3) is 0 Å². The number of ether oxygens (including phenoxy) is 1. The maximum Gasteiger partial charge on any atom is 0.340 e. The number of nitrogens with one attached hydrogen (secondary N) is 1. The van der Waals surface area contributed by atoms with Gasteiger partial charge in [0.15, 0.2) is 6.61 Å². The maximum absolute atomic E-state index is 12.7. The first-order chi connectivity index (χ1) is 8.88. The van der Waals surface area contributed by atoms with Crippen LogP contribution in [0.25, 0.3) is 0 Å². The van der Waals surface area contributed by atoms with E-state index in [9.17, 15) is 17.6 Å². The highest BCUT2D eigenvalue weighted by atomic mass is 79.9. The van der Waals surface area contributed by atoms with E-state index < -0.39 is 19.0 Å². The Morgan fingerprint density at radius 1 is 1.42 bits per heavy atom. The summed E-state index contributed by atoms with van der Waals surface area (Å²) in [6, 6.07) is 0. The number of halogens is 5. The van der Waals surface area contributed by atoms with Gasteiger partial charge in [-0.3, -0.25) is 0 Å². The van der Waals surface area contributed by atoms with Gasteiger partial charge in [0.2, 0.25) is 5.88 Å². The fourth-order valence-electron chi connectivity index (χ4n) is 1.05. The maximum atomic E-state index is 12.7. The molecule has 19 heavy (non-hydrogen) atoms. The molecule has 0 saturated carbocycles. The summed E-state index contributed by atoms with van der Waals surface area (Å²) in [6.07, 6.45) is -1.86. The number of hydrogen-bond acceptors (Lipinski definition) is 4. The van der Waals surface area contributed by atoms with Crippen LogP contribution in [0.1, 0.15) is 13.3 Å². The standard InChI is InChI=1S/C10H12BrF4N3O/c1-2-3-16-7-6(11)8(18-5-17-7)19-4-10(14,15)9(12)13/h5,9H,2-4H2,1H3,(H,16,17,18). The van der Waals surface area contributed by atoms with Crippen molar-refractivity contribution in [1.29, 1.82) is 0 Å². The number of alkyl halides is 4. The predicted molar refractivity (Wildman–Crippen MR) is 65.0 cm³/mol. The van der Waals surface area contributed by atoms with Crippen molar-refractivity contribution in [1.82, 2.24) is 9.97 Å². The Balaban J connectivity index is 2.74. The minimum absolute atomic E-state index is 0.214. The highest BCUT2D eigenvalue weighted by Gasteiger charge is 2.42. The van der Waals surface area contributed by atoms with Gasteiger partial charge in [-0.05, 0) is 22.4 Å². The Morgan fingerprint density at radius 3 is 2.68 bits per heavy atom. The summed E-state index contributed by atoms with van der Waals surface area (Å²) in [4.78, 5) is 7.48. The number of aromatic nitrogens is 2. The first-order valence-electron chi connectivity index (χ1n) is 5.41. The molecule has 0 saturated heterocycles. The van der Waals surface area contributed by atoms with Crippen LogP contribution in [0.2, 0.25) is 0 Å². The van der Waals surface area contributed by atoms with Crippen molar-refractivity contribution < 1.29 is 22.3 Å². The molecule has 0 unspecified atom stereocenters. The second-order valence-electron chi connectivity index (χ2n) is 3.62. The average Bonchev–Trinajstić information content (AvgIpc) is 2.36. The van der Waals surface area contributed by atoms with Crippen LogP contribution in [-0.2, 0) is 0 Å². The van der Waals surface area contributed by atoms with Crippen LogP contribution in [0.3, 0.4) is 0 Å². The lowest BCUT2D eigenvalue weighted by atomic mass is 10.4. The molecule has 108 valence electrons. The Kier molecular flexibility index (Phi) is 5.77. The Labute approximate surface area is 115 Å². The summed E-state index contributed by atoms with van der Waals surface area (Å²) in [6.45, 7) is 1.10. The molecule has 0 amide bonds. The molecular weight excluding hydrogens is 334 g/mol. The lowest BCUT2D eigenvalue weighted by molar-refractivity contribution is -0.148. The van der Waals surface area contributed by atoms with Gasteiger partial charge in [-0.15, -0.1) is 0 Å². The molecule has 0 atom stereocenters. The molecule has 0 bridgehead atoms. The summed E-state index contributed by atoms with van der Waals surface area (Å²) >= 11 is 3.07. The monoisotopic (exact) mass is 345 g/mol. The van der Waals surface area contributed by atoms with Crippen LogP contribution < -0.4 is 10.1 Å². The molecule has 0 aromatic carbocycles. The molecule has 1 rings (SSSR count). The molecule has 0 spiro atoms. The normalized spacial score (nSPS) is 11.7. The van der Waals surface area contributed by atoms with Crippen molar-refractivity contribution in [3.63, 3.8) is 0 Å². The van der Waals surface area contributed by atoms with Crippen molar-refractivity contribution in [2.24, 2.45) is 0 Å².